The number of aliphatic carboxylic acids is 1. The van der Waals surface area contributed by atoms with E-state index >= 15 is 0 Å². The molecule has 15 heavy (non-hydrogen) atoms. The number of hydrogen-bond donors (Lipinski definition) is 1. The number of benzene rings is 1. The predicted octanol–water partition coefficient (Wildman–Crippen LogP) is 0.823. The van der Waals surface area contributed by atoms with Gasteiger partial charge in [-0.25, -0.2) is 9.59 Å². The van der Waals surface area contributed by atoms with Gasteiger partial charge in [0, 0.05) is 0 Å². The van der Waals surface area contributed by atoms with Crippen molar-refractivity contribution in [1.29, 1.82) is 0 Å². The Morgan fingerprint density at radius 1 is 1.27 bits per heavy atom. The molecule has 0 aromatic heterocycles. The molecule has 0 bridgehead atoms. The van der Waals surface area contributed by atoms with Gasteiger partial charge in [0.25, 0.3) is 0 Å². The molecule has 5 heteroatoms. The van der Waals surface area contributed by atoms with Crippen LogP contribution in [-0.4, -0.2) is 24.2 Å². The van der Waals surface area contributed by atoms with Gasteiger partial charge in [-0.1, -0.05) is 12.1 Å². The second kappa shape index (κ2) is 4.99. The molecular formula is C10H10O5. The van der Waals surface area contributed by atoms with Crippen molar-refractivity contribution in [2.24, 2.45) is 0 Å². The Hall–Kier alpha value is -2.04. The van der Waals surface area contributed by atoms with Crippen LogP contribution in [0.5, 0.6) is 5.75 Å². The van der Waals surface area contributed by atoms with Crippen LogP contribution in [0.2, 0.25) is 0 Å². The zero-order valence-electron chi connectivity index (χ0n) is 8.10. The molecule has 0 aliphatic heterocycles. The van der Waals surface area contributed by atoms with Gasteiger partial charge in [-0.3, -0.25) is 0 Å². The number of rotatable bonds is 3. The topological polar surface area (TPSA) is 72.8 Å². The molecule has 0 aliphatic carbocycles. The lowest BCUT2D eigenvalue weighted by molar-refractivity contribution is -0.164. The molecule has 0 spiro atoms. The molecule has 1 rings (SSSR count). The summed E-state index contributed by atoms with van der Waals surface area (Å²) in [5.41, 5.74) is 0.699. The van der Waals surface area contributed by atoms with Crippen molar-refractivity contribution in [3.05, 3.63) is 29.8 Å². The molecule has 0 atom stereocenters. The Morgan fingerprint density at radius 2 is 1.87 bits per heavy atom. The third-order valence-corrected chi connectivity index (χ3v) is 1.70. The van der Waals surface area contributed by atoms with Crippen LogP contribution in [0.1, 0.15) is 5.56 Å². The Labute approximate surface area is 86.2 Å². The summed E-state index contributed by atoms with van der Waals surface area (Å²) >= 11 is 0. The molecule has 1 N–H and O–H groups in total. The summed E-state index contributed by atoms with van der Waals surface area (Å²) in [4.78, 5) is 20.7. The Morgan fingerprint density at radius 3 is 2.33 bits per heavy atom. The van der Waals surface area contributed by atoms with Gasteiger partial charge >= 0.3 is 11.9 Å². The predicted molar refractivity (Wildman–Crippen MR) is 50.4 cm³/mol. The van der Waals surface area contributed by atoms with Crippen LogP contribution in [0, 0.1) is 0 Å². The van der Waals surface area contributed by atoms with E-state index in [1.165, 1.54) is 0 Å². The van der Waals surface area contributed by atoms with Gasteiger partial charge in [0.1, 0.15) is 12.4 Å². The summed E-state index contributed by atoms with van der Waals surface area (Å²) in [6.07, 6.45) is 0. The van der Waals surface area contributed by atoms with Gasteiger partial charge < -0.3 is 14.6 Å². The summed E-state index contributed by atoms with van der Waals surface area (Å²) in [7, 11) is 1.54. The number of carbonyl (C=O) groups is 2. The molecule has 0 amide bonds. The Balaban J connectivity index is 2.51. The maximum absolute atomic E-state index is 10.6. The van der Waals surface area contributed by atoms with E-state index in [-0.39, 0.29) is 6.61 Å². The van der Waals surface area contributed by atoms with Crippen LogP contribution in [0.4, 0.5) is 0 Å². The number of hydrogen-bond acceptors (Lipinski definition) is 4. The minimum absolute atomic E-state index is 0.0604. The number of ether oxygens (including phenoxy) is 2. The number of carbonyl (C=O) groups excluding carboxylic acids is 1. The van der Waals surface area contributed by atoms with E-state index in [2.05, 4.69) is 4.74 Å². The fourth-order valence-electron chi connectivity index (χ4n) is 0.932. The van der Waals surface area contributed by atoms with E-state index < -0.39 is 11.9 Å². The monoisotopic (exact) mass is 210 g/mol. The van der Waals surface area contributed by atoms with Gasteiger partial charge in [-0.15, -0.1) is 0 Å². The van der Waals surface area contributed by atoms with Gasteiger partial charge in [-0.05, 0) is 17.7 Å². The molecule has 0 unspecified atom stereocenters. The number of esters is 1. The molecule has 5 nitrogen and oxygen atoms in total. The van der Waals surface area contributed by atoms with E-state index in [9.17, 15) is 9.59 Å². The summed E-state index contributed by atoms with van der Waals surface area (Å²) in [6.45, 7) is -0.0604. The molecule has 1 aromatic carbocycles. The second-order valence-corrected chi connectivity index (χ2v) is 2.73. The normalized spacial score (nSPS) is 9.40. The van der Waals surface area contributed by atoms with Crippen molar-refractivity contribution in [2.45, 2.75) is 6.61 Å². The SMILES string of the molecule is COc1ccc(COC(=O)C(=O)O)cc1. The van der Waals surface area contributed by atoms with Crippen molar-refractivity contribution in [1.82, 2.24) is 0 Å². The first-order valence-corrected chi connectivity index (χ1v) is 4.16. The molecule has 80 valence electrons. The highest BCUT2D eigenvalue weighted by molar-refractivity contribution is 6.28. The number of carboxylic acid groups (broad SMARTS) is 1. The highest BCUT2D eigenvalue weighted by Crippen LogP contribution is 2.11. The summed E-state index contributed by atoms with van der Waals surface area (Å²) in [6, 6.07) is 6.77. The lowest BCUT2D eigenvalue weighted by Gasteiger charge is -2.03. The molecule has 1 aromatic rings. The minimum atomic E-state index is -1.59. The van der Waals surface area contributed by atoms with Crippen LogP contribution in [-0.2, 0) is 20.9 Å². The molecular weight excluding hydrogens is 200 g/mol. The maximum Gasteiger partial charge on any atom is 0.417 e. The summed E-state index contributed by atoms with van der Waals surface area (Å²) in [5, 5.41) is 8.25. The Bertz CT molecular complexity index is 355. The first kappa shape index (κ1) is 11.0. The smallest absolute Gasteiger partial charge is 0.417 e. The van der Waals surface area contributed by atoms with Crippen molar-refractivity contribution < 1.29 is 24.2 Å². The zero-order chi connectivity index (χ0) is 11.3. The molecule has 0 heterocycles. The largest absolute Gasteiger partial charge is 0.497 e. The van der Waals surface area contributed by atoms with Crippen LogP contribution >= 0.6 is 0 Å². The number of methoxy groups -OCH3 is 1. The standard InChI is InChI=1S/C10H10O5/c1-14-8-4-2-7(3-5-8)6-15-10(13)9(11)12/h2-5H,6H2,1H3,(H,11,12). The average molecular weight is 210 g/mol. The fourth-order valence-corrected chi connectivity index (χ4v) is 0.932. The van der Waals surface area contributed by atoms with Crippen molar-refractivity contribution >= 4 is 11.9 Å². The third-order valence-electron chi connectivity index (χ3n) is 1.70. The van der Waals surface area contributed by atoms with E-state index in [1.54, 1.807) is 31.4 Å². The third kappa shape index (κ3) is 3.30. The van der Waals surface area contributed by atoms with Crippen LogP contribution in [0.25, 0.3) is 0 Å². The number of carboxylic acids is 1. The van der Waals surface area contributed by atoms with E-state index in [0.717, 1.165) is 0 Å². The molecule has 0 saturated carbocycles. The van der Waals surface area contributed by atoms with Gasteiger partial charge in [0.15, 0.2) is 0 Å². The van der Waals surface area contributed by atoms with Crippen molar-refractivity contribution in [3.63, 3.8) is 0 Å². The molecule has 0 saturated heterocycles. The highest BCUT2D eigenvalue weighted by Gasteiger charge is 2.12. The van der Waals surface area contributed by atoms with Crippen molar-refractivity contribution in [3.8, 4) is 5.75 Å². The fraction of sp³-hybridized carbons (Fsp3) is 0.200. The Kier molecular flexibility index (Phi) is 3.68. The van der Waals surface area contributed by atoms with Crippen LogP contribution in [0.15, 0.2) is 24.3 Å². The van der Waals surface area contributed by atoms with Gasteiger partial charge in [0.05, 0.1) is 7.11 Å². The summed E-state index contributed by atoms with van der Waals surface area (Å²) in [5.74, 6) is -2.17. The van der Waals surface area contributed by atoms with E-state index in [4.69, 9.17) is 9.84 Å². The maximum atomic E-state index is 10.6. The second-order valence-electron chi connectivity index (χ2n) is 2.73. The summed E-state index contributed by atoms with van der Waals surface area (Å²) < 4.78 is 9.41. The first-order valence-electron chi connectivity index (χ1n) is 4.16. The zero-order valence-corrected chi connectivity index (χ0v) is 8.10. The molecule has 0 fully saturated rings. The lowest BCUT2D eigenvalue weighted by Crippen LogP contribution is -2.15. The van der Waals surface area contributed by atoms with Crippen LogP contribution in [0.3, 0.4) is 0 Å². The first-order chi connectivity index (χ1) is 7.13. The quantitative estimate of drug-likeness (QED) is 0.590. The van der Waals surface area contributed by atoms with E-state index in [0.29, 0.717) is 11.3 Å². The van der Waals surface area contributed by atoms with E-state index in [1.807, 2.05) is 0 Å². The van der Waals surface area contributed by atoms with Crippen molar-refractivity contribution in [2.75, 3.05) is 7.11 Å². The molecule has 0 radical (unpaired) electrons. The minimum Gasteiger partial charge on any atom is -0.497 e. The lowest BCUT2D eigenvalue weighted by atomic mass is 10.2. The van der Waals surface area contributed by atoms with Gasteiger partial charge in [-0.2, -0.15) is 0 Å². The van der Waals surface area contributed by atoms with Gasteiger partial charge in [0.2, 0.25) is 0 Å². The average Bonchev–Trinajstić information content (AvgIpc) is 2.26. The highest BCUT2D eigenvalue weighted by atomic mass is 16.6. The molecule has 0 aliphatic rings. The van der Waals surface area contributed by atoms with Crippen LogP contribution < -0.4 is 4.74 Å².